The standard InChI is InChI=1S/C8H6Cl2/c9-6-8(10)7-4-2-1-3-5-7/h1-6H/b8-6-. The van der Waals surface area contributed by atoms with Gasteiger partial charge in [-0.2, -0.15) is 0 Å². The van der Waals surface area contributed by atoms with E-state index in [4.69, 9.17) is 23.2 Å². The average Bonchev–Trinajstić information content (AvgIpc) is 2.05. The lowest BCUT2D eigenvalue weighted by molar-refractivity contribution is 1.65. The van der Waals surface area contributed by atoms with Crippen molar-refractivity contribution < 1.29 is 0 Å². The van der Waals surface area contributed by atoms with E-state index >= 15 is 0 Å². The van der Waals surface area contributed by atoms with Gasteiger partial charge in [0.1, 0.15) is 0 Å². The van der Waals surface area contributed by atoms with E-state index in [9.17, 15) is 0 Å². The van der Waals surface area contributed by atoms with Crippen molar-refractivity contribution >= 4 is 28.2 Å². The van der Waals surface area contributed by atoms with Gasteiger partial charge in [-0.1, -0.05) is 53.5 Å². The molecule has 52 valence electrons. The zero-order valence-corrected chi connectivity index (χ0v) is 6.73. The maximum atomic E-state index is 5.72. The van der Waals surface area contributed by atoms with Crippen molar-refractivity contribution in [2.45, 2.75) is 0 Å². The van der Waals surface area contributed by atoms with Crippen LogP contribution in [0.15, 0.2) is 35.9 Å². The van der Waals surface area contributed by atoms with Crippen LogP contribution >= 0.6 is 23.2 Å². The monoisotopic (exact) mass is 172 g/mol. The molecule has 0 aliphatic carbocycles. The van der Waals surface area contributed by atoms with E-state index in [-0.39, 0.29) is 0 Å². The lowest BCUT2D eigenvalue weighted by atomic mass is 10.2. The van der Waals surface area contributed by atoms with Crippen LogP contribution < -0.4 is 0 Å². The van der Waals surface area contributed by atoms with E-state index in [0.717, 1.165) is 5.56 Å². The van der Waals surface area contributed by atoms with Crippen molar-refractivity contribution in [3.8, 4) is 0 Å². The van der Waals surface area contributed by atoms with Crippen LogP contribution in [0.1, 0.15) is 5.56 Å². The molecule has 2 heteroatoms. The highest BCUT2D eigenvalue weighted by Gasteiger charge is 1.92. The molecule has 0 aliphatic heterocycles. The second kappa shape index (κ2) is 3.65. The van der Waals surface area contributed by atoms with Crippen molar-refractivity contribution in [2.75, 3.05) is 0 Å². The van der Waals surface area contributed by atoms with E-state index < -0.39 is 0 Å². The summed E-state index contributed by atoms with van der Waals surface area (Å²) in [5, 5.41) is 0.572. The average molecular weight is 173 g/mol. The number of halogens is 2. The second-order valence-electron chi connectivity index (χ2n) is 1.82. The predicted octanol–water partition coefficient (Wildman–Crippen LogP) is 3.46. The van der Waals surface area contributed by atoms with Gasteiger partial charge in [0.25, 0.3) is 0 Å². The van der Waals surface area contributed by atoms with Crippen molar-refractivity contribution in [1.82, 2.24) is 0 Å². The summed E-state index contributed by atoms with van der Waals surface area (Å²) in [6, 6.07) is 9.57. The normalized spacial score (nSPS) is 11.6. The fourth-order valence-electron chi connectivity index (χ4n) is 0.660. The van der Waals surface area contributed by atoms with Gasteiger partial charge < -0.3 is 0 Å². The van der Waals surface area contributed by atoms with Crippen LogP contribution in [0.25, 0.3) is 5.03 Å². The summed E-state index contributed by atoms with van der Waals surface area (Å²) in [7, 11) is 0. The van der Waals surface area contributed by atoms with Crippen LogP contribution in [0.2, 0.25) is 0 Å². The molecule has 10 heavy (non-hydrogen) atoms. The van der Waals surface area contributed by atoms with Crippen LogP contribution in [0.4, 0.5) is 0 Å². The largest absolute Gasteiger partial charge is 0.0913 e. The summed E-state index contributed by atoms with van der Waals surface area (Å²) >= 11 is 11.1. The Hall–Kier alpha value is -0.460. The van der Waals surface area contributed by atoms with Gasteiger partial charge in [0.2, 0.25) is 0 Å². The van der Waals surface area contributed by atoms with E-state index in [2.05, 4.69) is 0 Å². The third-order valence-corrected chi connectivity index (χ3v) is 1.80. The molecule has 0 radical (unpaired) electrons. The third kappa shape index (κ3) is 1.76. The minimum absolute atomic E-state index is 0.572. The molecule has 0 bridgehead atoms. The Morgan fingerprint density at radius 2 is 1.80 bits per heavy atom. The van der Waals surface area contributed by atoms with Crippen LogP contribution in [-0.2, 0) is 0 Å². The van der Waals surface area contributed by atoms with Crippen molar-refractivity contribution in [3.63, 3.8) is 0 Å². The second-order valence-corrected chi connectivity index (χ2v) is 2.45. The molecule has 0 saturated carbocycles. The summed E-state index contributed by atoms with van der Waals surface area (Å²) in [5.41, 5.74) is 2.30. The highest BCUT2D eigenvalue weighted by molar-refractivity contribution is 6.52. The fraction of sp³-hybridized carbons (Fsp3) is 0. The Morgan fingerprint density at radius 1 is 1.20 bits per heavy atom. The molecule has 0 aromatic heterocycles. The molecule has 1 aromatic carbocycles. The summed E-state index contributed by atoms with van der Waals surface area (Å²) in [5.74, 6) is 0. The molecule has 0 nitrogen and oxygen atoms in total. The van der Waals surface area contributed by atoms with Gasteiger partial charge in [0.15, 0.2) is 0 Å². The highest BCUT2D eigenvalue weighted by Crippen LogP contribution is 2.18. The van der Waals surface area contributed by atoms with Crippen molar-refractivity contribution in [2.24, 2.45) is 0 Å². The molecule has 0 heterocycles. The van der Waals surface area contributed by atoms with Crippen molar-refractivity contribution in [1.29, 1.82) is 0 Å². The Kier molecular flexibility index (Phi) is 2.79. The van der Waals surface area contributed by atoms with Gasteiger partial charge in [-0.15, -0.1) is 0 Å². The SMILES string of the molecule is Cl/C=C(\Cl)c1ccccc1. The number of hydrogen-bond acceptors (Lipinski definition) is 0. The molecule has 0 amide bonds. The smallest absolute Gasteiger partial charge is 0.0591 e. The van der Waals surface area contributed by atoms with Crippen LogP contribution in [0.5, 0.6) is 0 Å². The molecular weight excluding hydrogens is 167 g/mol. The molecule has 0 aliphatic rings. The van der Waals surface area contributed by atoms with Crippen LogP contribution in [0.3, 0.4) is 0 Å². The molecule has 0 unspecified atom stereocenters. The van der Waals surface area contributed by atoms with Gasteiger partial charge in [-0.05, 0) is 5.56 Å². The first-order chi connectivity index (χ1) is 4.84. The Labute approximate surface area is 70.1 Å². The summed E-state index contributed by atoms with van der Waals surface area (Å²) in [6.45, 7) is 0. The quantitative estimate of drug-likeness (QED) is 0.609. The highest BCUT2D eigenvalue weighted by atomic mass is 35.5. The zero-order chi connectivity index (χ0) is 7.40. The van der Waals surface area contributed by atoms with E-state index in [0.29, 0.717) is 5.03 Å². The Balaban J connectivity index is 2.96. The van der Waals surface area contributed by atoms with Crippen molar-refractivity contribution in [3.05, 3.63) is 41.4 Å². The fourth-order valence-corrected chi connectivity index (χ4v) is 0.912. The molecule has 0 atom stereocenters. The van der Waals surface area contributed by atoms with Gasteiger partial charge in [-0.25, -0.2) is 0 Å². The minimum Gasteiger partial charge on any atom is -0.0913 e. The number of hydrogen-bond donors (Lipinski definition) is 0. The van der Waals surface area contributed by atoms with Crippen LogP contribution in [0, 0.1) is 0 Å². The predicted molar refractivity (Wildman–Crippen MR) is 46.1 cm³/mol. The maximum Gasteiger partial charge on any atom is 0.0591 e. The van der Waals surface area contributed by atoms with Gasteiger partial charge in [0.05, 0.1) is 5.03 Å². The Bertz CT molecular complexity index is 226. The third-order valence-electron chi connectivity index (χ3n) is 1.15. The Morgan fingerprint density at radius 3 is 2.30 bits per heavy atom. The van der Waals surface area contributed by atoms with Gasteiger partial charge in [0, 0.05) is 5.54 Å². The molecule has 0 fully saturated rings. The van der Waals surface area contributed by atoms with E-state index in [1.54, 1.807) is 0 Å². The van der Waals surface area contributed by atoms with E-state index in [1.165, 1.54) is 5.54 Å². The molecule has 0 N–H and O–H groups in total. The molecule has 0 saturated heterocycles. The van der Waals surface area contributed by atoms with Gasteiger partial charge in [-0.3, -0.25) is 0 Å². The first-order valence-corrected chi connectivity index (χ1v) is 3.67. The lowest BCUT2D eigenvalue weighted by Gasteiger charge is -1.93. The van der Waals surface area contributed by atoms with Crippen LogP contribution in [-0.4, -0.2) is 0 Å². The summed E-state index contributed by atoms with van der Waals surface area (Å²) in [6.07, 6.45) is 0. The molecule has 1 rings (SSSR count). The lowest BCUT2D eigenvalue weighted by Crippen LogP contribution is -1.71. The molecule has 0 spiro atoms. The first kappa shape index (κ1) is 7.64. The molecular formula is C8H6Cl2. The summed E-state index contributed by atoms with van der Waals surface area (Å²) in [4.78, 5) is 0. The minimum atomic E-state index is 0.572. The molecule has 1 aromatic rings. The number of rotatable bonds is 1. The zero-order valence-electron chi connectivity index (χ0n) is 5.22. The summed E-state index contributed by atoms with van der Waals surface area (Å²) < 4.78 is 0. The number of benzene rings is 1. The van der Waals surface area contributed by atoms with E-state index in [1.807, 2.05) is 30.3 Å². The maximum absolute atomic E-state index is 5.72. The van der Waals surface area contributed by atoms with Gasteiger partial charge >= 0.3 is 0 Å². The topological polar surface area (TPSA) is 0 Å². The first-order valence-electron chi connectivity index (χ1n) is 2.86.